The Bertz CT molecular complexity index is 383. The number of halogens is 1. The summed E-state index contributed by atoms with van der Waals surface area (Å²) in [4.78, 5) is 12.0. The molecular formula is C7H4ClN3. The highest BCUT2D eigenvalue weighted by Crippen LogP contribution is 2.15. The second-order valence-corrected chi connectivity index (χ2v) is 2.43. The normalized spacial score (nSPS) is 10.3. The van der Waals surface area contributed by atoms with Crippen LogP contribution in [-0.4, -0.2) is 15.0 Å². The van der Waals surface area contributed by atoms with Crippen molar-refractivity contribution < 1.29 is 0 Å². The van der Waals surface area contributed by atoms with E-state index >= 15 is 0 Å². The molecule has 0 N–H and O–H groups in total. The van der Waals surface area contributed by atoms with Crippen molar-refractivity contribution in [3.05, 3.63) is 29.7 Å². The van der Waals surface area contributed by atoms with E-state index in [0.29, 0.717) is 16.2 Å². The van der Waals surface area contributed by atoms with Crippen molar-refractivity contribution in [1.29, 1.82) is 0 Å². The van der Waals surface area contributed by atoms with E-state index in [1.54, 1.807) is 24.7 Å². The van der Waals surface area contributed by atoms with Crippen molar-refractivity contribution in [2.45, 2.75) is 0 Å². The molecule has 0 saturated heterocycles. The van der Waals surface area contributed by atoms with Gasteiger partial charge in [0, 0.05) is 18.6 Å². The SMILES string of the molecule is Clc1ccnc2nccnc12. The molecule has 2 heterocycles. The van der Waals surface area contributed by atoms with Crippen molar-refractivity contribution in [3.8, 4) is 0 Å². The van der Waals surface area contributed by atoms with Gasteiger partial charge in [0.25, 0.3) is 0 Å². The van der Waals surface area contributed by atoms with Crippen molar-refractivity contribution in [3.63, 3.8) is 0 Å². The third-order valence-electron chi connectivity index (χ3n) is 1.32. The first kappa shape index (κ1) is 6.49. The van der Waals surface area contributed by atoms with Gasteiger partial charge in [-0.2, -0.15) is 0 Å². The number of hydrogen-bond acceptors (Lipinski definition) is 3. The van der Waals surface area contributed by atoms with Crippen LogP contribution in [0.15, 0.2) is 24.7 Å². The van der Waals surface area contributed by atoms with Gasteiger partial charge in [-0.05, 0) is 6.07 Å². The maximum atomic E-state index is 5.81. The van der Waals surface area contributed by atoms with Crippen LogP contribution in [0.3, 0.4) is 0 Å². The molecule has 0 atom stereocenters. The molecular weight excluding hydrogens is 162 g/mol. The number of hydrogen-bond donors (Lipinski definition) is 0. The third kappa shape index (κ3) is 1.03. The van der Waals surface area contributed by atoms with Gasteiger partial charge < -0.3 is 0 Å². The topological polar surface area (TPSA) is 38.7 Å². The lowest BCUT2D eigenvalue weighted by molar-refractivity contribution is 1.22. The fourth-order valence-corrected chi connectivity index (χ4v) is 1.04. The van der Waals surface area contributed by atoms with Crippen LogP contribution in [0.25, 0.3) is 11.2 Å². The van der Waals surface area contributed by atoms with E-state index < -0.39 is 0 Å². The molecule has 0 aliphatic rings. The second kappa shape index (κ2) is 2.43. The summed E-state index contributed by atoms with van der Waals surface area (Å²) in [5.74, 6) is 0. The Hall–Kier alpha value is -1.22. The molecule has 2 aromatic rings. The summed E-state index contributed by atoms with van der Waals surface area (Å²) in [5, 5.41) is 0.586. The number of pyridine rings is 1. The third-order valence-corrected chi connectivity index (χ3v) is 1.63. The lowest BCUT2D eigenvalue weighted by Crippen LogP contribution is -1.85. The first-order valence-corrected chi connectivity index (χ1v) is 3.47. The van der Waals surface area contributed by atoms with Crippen LogP contribution in [-0.2, 0) is 0 Å². The lowest BCUT2D eigenvalue weighted by Gasteiger charge is -1.94. The van der Waals surface area contributed by atoms with Gasteiger partial charge in [0.1, 0.15) is 5.52 Å². The minimum absolute atomic E-state index is 0.583. The molecule has 3 nitrogen and oxygen atoms in total. The molecule has 0 saturated carbocycles. The van der Waals surface area contributed by atoms with E-state index in [2.05, 4.69) is 15.0 Å². The van der Waals surface area contributed by atoms with Crippen molar-refractivity contribution in [2.24, 2.45) is 0 Å². The fraction of sp³-hybridized carbons (Fsp3) is 0. The van der Waals surface area contributed by atoms with Gasteiger partial charge in [-0.3, -0.25) is 0 Å². The van der Waals surface area contributed by atoms with Crippen molar-refractivity contribution in [2.75, 3.05) is 0 Å². The molecule has 2 aromatic heterocycles. The van der Waals surface area contributed by atoms with Gasteiger partial charge in [-0.25, -0.2) is 15.0 Å². The molecule has 2 rings (SSSR count). The summed E-state index contributed by atoms with van der Waals surface area (Å²) < 4.78 is 0. The van der Waals surface area contributed by atoms with Crippen LogP contribution in [0.4, 0.5) is 0 Å². The molecule has 4 heteroatoms. The summed E-state index contributed by atoms with van der Waals surface area (Å²) in [5.41, 5.74) is 1.23. The summed E-state index contributed by atoms with van der Waals surface area (Å²) in [6, 6.07) is 1.69. The molecule has 0 bridgehead atoms. The Morgan fingerprint density at radius 3 is 2.55 bits per heavy atom. The predicted molar refractivity (Wildman–Crippen MR) is 42.3 cm³/mol. The van der Waals surface area contributed by atoms with Crippen molar-refractivity contribution in [1.82, 2.24) is 15.0 Å². The molecule has 0 aliphatic carbocycles. The van der Waals surface area contributed by atoms with E-state index in [1.165, 1.54) is 0 Å². The zero-order valence-electron chi connectivity index (χ0n) is 5.53. The standard InChI is InChI=1S/C7H4ClN3/c8-5-1-2-10-7-6(5)9-3-4-11-7/h1-4H. The summed E-state index contributed by atoms with van der Waals surface area (Å²) >= 11 is 5.81. The predicted octanol–water partition coefficient (Wildman–Crippen LogP) is 1.68. The number of nitrogens with zero attached hydrogens (tertiary/aromatic N) is 3. The fourth-order valence-electron chi connectivity index (χ4n) is 0.846. The molecule has 11 heavy (non-hydrogen) atoms. The van der Waals surface area contributed by atoms with Crippen LogP contribution in [0.5, 0.6) is 0 Å². The Labute approximate surface area is 68.1 Å². The molecule has 0 amide bonds. The van der Waals surface area contributed by atoms with Gasteiger partial charge in [0.05, 0.1) is 5.02 Å². The highest BCUT2D eigenvalue weighted by molar-refractivity contribution is 6.34. The number of rotatable bonds is 0. The lowest BCUT2D eigenvalue weighted by atomic mass is 10.4. The summed E-state index contributed by atoms with van der Waals surface area (Å²) in [6.45, 7) is 0. The Morgan fingerprint density at radius 2 is 1.73 bits per heavy atom. The average molecular weight is 166 g/mol. The van der Waals surface area contributed by atoms with Gasteiger partial charge in [-0.1, -0.05) is 11.6 Å². The van der Waals surface area contributed by atoms with E-state index in [-0.39, 0.29) is 0 Å². The molecule has 0 radical (unpaired) electrons. The van der Waals surface area contributed by atoms with E-state index in [4.69, 9.17) is 11.6 Å². The quantitative estimate of drug-likeness (QED) is 0.596. The highest BCUT2D eigenvalue weighted by atomic mass is 35.5. The van der Waals surface area contributed by atoms with E-state index in [0.717, 1.165) is 0 Å². The van der Waals surface area contributed by atoms with Crippen LogP contribution in [0.1, 0.15) is 0 Å². The highest BCUT2D eigenvalue weighted by Gasteiger charge is 1.98. The molecule has 54 valence electrons. The first-order chi connectivity index (χ1) is 5.38. The molecule has 0 aromatic carbocycles. The van der Waals surface area contributed by atoms with Crippen LogP contribution >= 0.6 is 11.6 Å². The molecule has 0 aliphatic heterocycles. The van der Waals surface area contributed by atoms with Crippen LogP contribution < -0.4 is 0 Å². The van der Waals surface area contributed by atoms with Gasteiger partial charge in [-0.15, -0.1) is 0 Å². The summed E-state index contributed by atoms with van der Waals surface area (Å²) in [6.07, 6.45) is 4.79. The molecule has 0 spiro atoms. The zero-order chi connectivity index (χ0) is 7.68. The smallest absolute Gasteiger partial charge is 0.179 e. The minimum atomic E-state index is 0.583. The number of aromatic nitrogens is 3. The maximum Gasteiger partial charge on any atom is 0.179 e. The first-order valence-electron chi connectivity index (χ1n) is 3.09. The van der Waals surface area contributed by atoms with E-state index in [1.807, 2.05) is 0 Å². The van der Waals surface area contributed by atoms with Crippen LogP contribution in [0, 0.1) is 0 Å². The maximum absolute atomic E-state index is 5.81. The Morgan fingerprint density at radius 1 is 1.00 bits per heavy atom. The average Bonchev–Trinajstić information content (AvgIpc) is 2.06. The summed E-state index contributed by atoms with van der Waals surface area (Å²) in [7, 11) is 0. The zero-order valence-corrected chi connectivity index (χ0v) is 6.28. The Kier molecular flexibility index (Phi) is 1.43. The monoisotopic (exact) mass is 165 g/mol. The number of fused-ring (bicyclic) bond motifs is 1. The van der Waals surface area contributed by atoms with Crippen LogP contribution in [0.2, 0.25) is 5.02 Å². The van der Waals surface area contributed by atoms with Gasteiger partial charge in [0.2, 0.25) is 0 Å². The van der Waals surface area contributed by atoms with Gasteiger partial charge in [0.15, 0.2) is 5.65 Å². The molecule has 0 unspecified atom stereocenters. The van der Waals surface area contributed by atoms with Gasteiger partial charge >= 0.3 is 0 Å². The molecule has 0 fully saturated rings. The minimum Gasteiger partial charge on any atom is -0.250 e. The Balaban J connectivity index is 2.91. The largest absolute Gasteiger partial charge is 0.250 e. The van der Waals surface area contributed by atoms with E-state index in [9.17, 15) is 0 Å². The second-order valence-electron chi connectivity index (χ2n) is 2.02. The van der Waals surface area contributed by atoms with Crippen molar-refractivity contribution >= 4 is 22.8 Å².